The van der Waals surface area contributed by atoms with Crippen LogP contribution in [0.4, 0.5) is 59.7 Å². The molecule has 248 valence electrons. The van der Waals surface area contributed by atoms with Gasteiger partial charge in [0.05, 0.1) is 12.2 Å². The van der Waals surface area contributed by atoms with Crippen molar-refractivity contribution in [2.75, 3.05) is 23.3 Å². The molecule has 0 N–H and O–H groups in total. The van der Waals surface area contributed by atoms with Crippen molar-refractivity contribution in [3.63, 3.8) is 0 Å². The topological polar surface area (TPSA) is 24.9 Å². The minimum absolute atomic E-state index is 0.0405. The zero-order valence-electron chi connectivity index (χ0n) is 24.0. The number of aryl methyl sites for hydroxylation is 1. The zero-order valence-corrected chi connectivity index (χ0v) is 24.0. The normalized spacial score (nSPS) is 15.1. The lowest BCUT2D eigenvalue weighted by Crippen LogP contribution is -2.55. The fourth-order valence-electron chi connectivity index (χ4n) is 6.15. The third-order valence-electron chi connectivity index (χ3n) is 8.14. The molecule has 0 fully saturated rings. The predicted octanol–water partition coefficient (Wildman–Crippen LogP) is 8.81. The van der Waals surface area contributed by atoms with Crippen LogP contribution in [0.15, 0.2) is 60.7 Å². The second-order valence-electron chi connectivity index (χ2n) is 11.1. The summed E-state index contributed by atoms with van der Waals surface area (Å²) in [4.78, 5) is 2.07. The van der Waals surface area contributed by atoms with Gasteiger partial charge in [-0.1, -0.05) is 12.1 Å². The van der Waals surface area contributed by atoms with Gasteiger partial charge in [0.25, 0.3) is 0 Å². The van der Waals surface area contributed by atoms with Crippen LogP contribution in [0, 0.1) is 36.0 Å². The van der Waals surface area contributed by atoms with Crippen LogP contribution in [0.1, 0.15) is 27.8 Å². The minimum Gasteiger partial charge on any atom is -0.473 e. The Labute approximate surface area is 259 Å². The Kier molecular flexibility index (Phi) is 7.71. The molecule has 0 aliphatic carbocycles. The zero-order chi connectivity index (χ0) is 34.1. The third kappa shape index (κ3) is 5.34. The van der Waals surface area contributed by atoms with Gasteiger partial charge in [0.2, 0.25) is 5.41 Å². The monoisotopic (exact) mass is 674 g/mol. The Morgan fingerprint density at radius 2 is 0.957 bits per heavy atom. The number of benzene rings is 4. The van der Waals surface area contributed by atoms with E-state index in [-0.39, 0.29) is 47.2 Å². The second kappa shape index (κ2) is 11.2. The Morgan fingerprint density at radius 1 is 0.553 bits per heavy atom. The summed E-state index contributed by atoms with van der Waals surface area (Å²) in [6, 6.07) is 6.70. The number of anilines is 2. The summed E-state index contributed by atoms with van der Waals surface area (Å²) in [7, 11) is 0. The highest BCUT2D eigenvalue weighted by atomic mass is 19.4. The molecule has 0 radical (unpaired) electrons. The number of hydrogen-bond acceptors (Lipinski definition) is 4. The van der Waals surface area contributed by atoms with E-state index >= 15 is 26.3 Å². The molecule has 0 aromatic heterocycles. The summed E-state index contributed by atoms with van der Waals surface area (Å²) < 4.78 is 172. The third-order valence-corrected chi connectivity index (χ3v) is 8.14. The first kappa shape index (κ1) is 32.3. The van der Waals surface area contributed by atoms with Crippen molar-refractivity contribution in [2.45, 2.75) is 37.8 Å². The summed E-state index contributed by atoms with van der Waals surface area (Å²) >= 11 is 0. The largest absolute Gasteiger partial charge is 0.473 e. The van der Waals surface area contributed by atoms with Crippen molar-refractivity contribution in [2.24, 2.45) is 0 Å². The van der Waals surface area contributed by atoms with E-state index in [9.17, 15) is 22.0 Å². The molecule has 0 amide bonds. The number of nitrogens with zero attached hydrogens (tertiary/aromatic N) is 2. The molecule has 15 heteroatoms. The second-order valence-corrected chi connectivity index (χ2v) is 11.1. The fraction of sp³-hybridized carbons (Fsp3) is 0.250. The maximum absolute atomic E-state index is 15.1. The first-order chi connectivity index (χ1) is 22.0. The average Bonchev–Trinajstić information content (AvgIpc) is 2.94. The highest BCUT2D eigenvalue weighted by Gasteiger charge is 2.72. The van der Waals surface area contributed by atoms with Gasteiger partial charge in [-0.25, -0.2) is 22.0 Å². The highest BCUT2D eigenvalue weighted by molar-refractivity contribution is 5.59. The molecule has 2 aliphatic rings. The molecule has 2 aliphatic heterocycles. The van der Waals surface area contributed by atoms with E-state index in [1.165, 1.54) is 11.8 Å². The van der Waals surface area contributed by atoms with E-state index in [4.69, 9.17) is 9.47 Å². The van der Waals surface area contributed by atoms with Crippen molar-refractivity contribution in [1.82, 2.24) is 0 Å². The molecule has 6 rings (SSSR count). The molecule has 0 saturated heterocycles. The van der Waals surface area contributed by atoms with Crippen LogP contribution in [-0.4, -0.2) is 25.8 Å². The lowest BCUT2D eigenvalue weighted by molar-refractivity contribution is -0.288. The van der Waals surface area contributed by atoms with Crippen molar-refractivity contribution in [1.29, 1.82) is 0 Å². The van der Waals surface area contributed by atoms with Gasteiger partial charge in [-0.15, -0.1) is 0 Å². The molecule has 2 heterocycles. The van der Waals surface area contributed by atoms with Crippen LogP contribution in [0.2, 0.25) is 0 Å². The number of halogens is 11. The highest BCUT2D eigenvalue weighted by Crippen LogP contribution is 2.57. The number of ether oxygens (including phenoxy) is 2. The molecule has 0 saturated carbocycles. The first-order valence-electron chi connectivity index (χ1n) is 13.8. The molecule has 4 aromatic rings. The van der Waals surface area contributed by atoms with Crippen LogP contribution in [0.25, 0.3) is 0 Å². The molecule has 47 heavy (non-hydrogen) atoms. The SMILES string of the molecule is Cc1cc(F)cc(F)c1N1COc2ccc(C(c3ccc4c(c3)CN(c3c(F)cc(F)cc3F)CO4)(C(F)(F)F)C(F)(F)F)cc2C1. The van der Waals surface area contributed by atoms with Gasteiger partial charge in [-0.3, -0.25) is 0 Å². The fourth-order valence-corrected chi connectivity index (χ4v) is 6.15. The summed E-state index contributed by atoms with van der Waals surface area (Å²) in [5.41, 5.74) is -8.33. The average molecular weight is 675 g/mol. The quantitative estimate of drug-likeness (QED) is 0.202. The van der Waals surface area contributed by atoms with Crippen LogP contribution >= 0.6 is 0 Å². The Balaban J connectivity index is 1.45. The molecular formula is C32H21F11N2O2. The Hall–Kier alpha value is -4.69. The maximum Gasteiger partial charge on any atom is 0.411 e. The minimum atomic E-state index is -5.99. The van der Waals surface area contributed by atoms with Gasteiger partial charge in [0, 0.05) is 35.9 Å². The lowest BCUT2D eigenvalue weighted by atomic mass is 9.72. The summed E-state index contributed by atoms with van der Waals surface area (Å²) in [5, 5.41) is 0. The predicted molar refractivity (Wildman–Crippen MR) is 147 cm³/mol. The number of hydrogen-bond donors (Lipinski definition) is 0. The van der Waals surface area contributed by atoms with Crippen LogP contribution in [0.3, 0.4) is 0 Å². The van der Waals surface area contributed by atoms with Crippen LogP contribution in [-0.2, 0) is 18.5 Å². The summed E-state index contributed by atoms with van der Waals surface area (Å²) in [5.74, 6) is -6.00. The van der Waals surface area contributed by atoms with E-state index in [1.807, 2.05) is 0 Å². The Bertz CT molecular complexity index is 1690. The first-order valence-corrected chi connectivity index (χ1v) is 13.8. The smallest absolute Gasteiger partial charge is 0.411 e. The number of rotatable bonds is 4. The van der Waals surface area contributed by atoms with Crippen molar-refractivity contribution in [3.8, 4) is 11.5 Å². The lowest BCUT2D eigenvalue weighted by Gasteiger charge is -2.40. The molecule has 0 unspecified atom stereocenters. The molecule has 4 nitrogen and oxygen atoms in total. The van der Waals surface area contributed by atoms with E-state index in [0.717, 1.165) is 23.1 Å². The van der Waals surface area contributed by atoms with Gasteiger partial charge < -0.3 is 19.3 Å². The van der Waals surface area contributed by atoms with Gasteiger partial charge in [-0.2, -0.15) is 26.3 Å². The Morgan fingerprint density at radius 3 is 1.38 bits per heavy atom. The summed E-state index contributed by atoms with van der Waals surface area (Å²) in [6.45, 7) is -0.434. The molecular weight excluding hydrogens is 653 g/mol. The standard InChI is InChI=1S/C32H21F11N2O2/c1-16-6-21(33)9-23(35)28(16)44-12-17-7-19(2-4-26(17)46-14-44)30(31(38,39)40,32(41,42)43)20-3-5-27-18(8-20)13-45(15-47-27)29-24(36)10-22(34)11-25(29)37/h2-11H,12-15H2,1H3. The van der Waals surface area contributed by atoms with Gasteiger partial charge in [-0.05, 0) is 53.9 Å². The van der Waals surface area contributed by atoms with Crippen LogP contribution < -0.4 is 19.3 Å². The molecule has 4 aromatic carbocycles. The van der Waals surface area contributed by atoms with Gasteiger partial charge in [0.15, 0.2) is 25.1 Å². The van der Waals surface area contributed by atoms with Crippen molar-refractivity contribution < 1.29 is 57.8 Å². The van der Waals surface area contributed by atoms with E-state index < -0.39 is 76.9 Å². The van der Waals surface area contributed by atoms with E-state index in [0.29, 0.717) is 42.5 Å². The molecule has 0 atom stereocenters. The van der Waals surface area contributed by atoms with Crippen molar-refractivity contribution in [3.05, 3.63) is 118 Å². The summed E-state index contributed by atoms with van der Waals surface area (Å²) in [6.07, 6.45) is -12.0. The van der Waals surface area contributed by atoms with E-state index in [1.54, 1.807) is 0 Å². The number of alkyl halides is 6. The molecule has 0 bridgehead atoms. The molecule has 0 spiro atoms. The van der Waals surface area contributed by atoms with Crippen molar-refractivity contribution >= 4 is 11.4 Å². The number of fused-ring (bicyclic) bond motifs is 2. The van der Waals surface area contributed by atoms with Gasteiger partial charge >= 0.3 is 12.4 Å². The van der Waals surface area contributed by atoms with Crippen LogP contribution in [0.5, 0.6) is 11.5 Å². The maximum atomic E-state index is 15.1. The van der Waals surface area contributed by atoms with Gasteiger partial charge in [0.1, 0.15) is 34.6 Å². The van der Waals surface area contributed by atoms with E-state index in [2.05, 4.69) is 0 Å².